The number of aliphatic hydroxyl groups is 1. The van der Waals surface area contributed by atoms with Gasteiger partial charge < -0.3 is 9.84 Å². The van der Waals surface area contributed by atoms with Crippen molar-refractivity contribution in [3.8, 4) is 5.75 Å². The molecular weight excluding hydrogens is 335 g/mol. The summed E-state index contributed by atoms with van der Waals surface area (Å²) in [5.41, 5.74) is 0. The van der Waals surface area contributed by atoms with Crippen LogP contribution in [0, 0.1) is 3.57 Å². The molecule has 0 aromatic heterocycles. The van der Waals surface area contributed by atoms with Crippen LogP contribution in [0.25, 0.3) is 0 Å². The molecule has 0 heterocycles. The van der Waals surface area contributed by atoms with Crippen LogP contribution in [0.5, 0.6) is 5.75 Å². The molecule has 12 heavy (non-hydrogen) atoms. The van der Waals surface area contributed by atoms with E-state index in [4.69, 9.17) is 9.84 Å². The van der Waals surface area contributed by atoms with E-state index in [1.54, 1.807) is 0 Å². The van der Waals surface area contributed by atoms with Crippen LogP contribution in [0.4, 0.5) is 0 Å². The predicted molar refractivity (Wildman–Crippen MR) is 59.4 cm³/mol. The zero-order chi connectivity index (χ0) is 8.97. The molecule has 0 aliphatic carbocycles. The second-order valence-electron chi connectivity index (χ2n) is 2.15. The van der Waals surface area contributed by atoms with E-state index in [-0.39, 0.29) is 6.61 Å². The molecule has 1 aromatic rings. The second-order valence-corrected chi connectivity index (χ2v) is 4.16. The average Bonchev–Trinajstić information content (AvgIpc) is 2.07. The Morgan fingerprint density at radius 1 is 1.50 bits per heavy atom. The van der Waals surface area contributed by atoms with Gasteiger partial charge in [-0.15, -0.1) is 0 Å². The average molecular weight is 343 g/mol. The maximum Gasteiger partial charge on any atom is 0.120 e. The summed E-state index contributed by atoms with van der Waals surface area (Å²) in [6.07, 6.45) is 0. The smallest absolute Gasteiger partial charge is 0.120 e. The van der Waals surface area contributed by atoms with Gasteiger partial charge in [-0.25, -0.2) is 0 Å². The largest absolute Gasteiger partial charge is 0.491 e. The first-order valence-corrected chi connectivity index (χ1v) is 5.30. The zero-order valence-corrected chi connectivity index (χ0v) is 10.0. The van der Waals surface area contributed by atoms with E-state index in [1.807, 2.05) is 18.2 Å². The van der Waals surface area contributed by atoms with Crippen LogP contribution < -0.4 is 4.74 Å². The maximum absolute atomic E-state index is 8.51. The van der Waals surface area contributed by atoms with Crippen molar-refractivity contribution in [3.05, 3.63) is 26.2 Å². The van der Waals surface area contributed by atoms with Gasteiger partial charge in [-0.2, -0.15) is 0 Å². The Morgan fingerprint density at radius 3 is 2.83 bits per heavy atom. The number of hydrogen-bond donors (Lipinski definition) is 1. The van der Waals surface area contributed by atoms with Gasteiger partial charge in [0.05, 0.1) is 6.61 Å². The van der Waals surface area contributed by atoms with Gasteiger partial charge in [0.2, 0.25) is 0 Å². The normalized spacial score (nSPS) is 9.92. The van der Waals surface area contributed by atoms with Crippen molar-refractivity contribution in [1.29, 1.82) is 0 Å². The van der Waals surface area contributed by atoms with E-state index < -0.39 is 0 Å². The minimum Gasteiger partial charge on any atom is -0.491 e. The molecule has 0 atom stereocenters. The molecule has 0 amide bonds. The molecule has 1 N–H and O–H groups in total. The van der Waals surface area contributed by atoms with Crippen molar-refractivity contribution in [2.75, 3.05) is 13.2 Å². The first-order valence-electron chi connectivity index (χ1n) is 3.43. The minimum atomic E-state index is 0.0452. The molecule has 0 saturated heterocycles. The fourth-order valence-electron chi connectivity index (χ4n) is 0.730. The lowest BCUT2D eigenvalue weighted by atomic mass is 10.3. The number of ether oxygens (including phenoxy) is 1. The Kier molecular flexibility index (Phi) is 4.31. The molecule has 0 spiro atoms. The molecule has 66 valence electrons. The summed E-state index contributed by atoms with van der Waals surface area (Å²) < 4.78 is 7.36. The lowest BCUT2D eigenvalue weighted by molar-refractivity contribution is 0.201. The molecule has 1 aromatic carbocycles. The second kappa shape index (κ2) is 5.04. The van der Waals surface area contributed by atoms with Gasteiger partial charge in [-0.3, -0.25) is 0 Å². The summed E-state index contributed by atoms with van der Waals surface area (Å²) in [5.74, 6) is 0.774. The van der Waals surface area contributed by atoms with Crippen molar-refractivity contribution in [2.24, 2.45) is 0 Å². The fraction of sp³-hybridized carbons (Fsp3) is 0.250. The standard InChI is InChI=1S/C8H8BrIO2/c9-7-5-6(12-4-3-11)1-2-8(7)10/h1-2,5,11H,3-4H2. The van der Waals surface area contributed by atoms with Crippen LogP contribution in [-0.4, -0.2) is 18.3 Å². The predicted octanol–water partition coefficient (Wildman–Crippen LogP) is 2.42. The third-order valence-electron chi connectivity index (χ3n) is 1.25. The topological polar surface area (TPSA) is 29.5 Å². The van der Waals surface area contributed by atoms with Crippen LogP contribution >= 0.6 is 38.5 Å². The highest BCUT2D eigenvalue weighted by molar-refractivity contribution is 14.1. The first kappa shape index (κ1) is 10.3. The highest BCUT2D eigenvalue weighted by Gasteiger charge is 1.98. The van der Waals surface area contributed by atoms with Crippen LogP contribution in [0.15, 0.2) is 22.7 Å². The van der Waals surface area contributed by atoms with Gasteiger partial charge in [-0.05, 0) is 56.7 Å². The van der Waals surface area contributed by atoms with Gasteiger partial charge in [0.15, 0.2) is 0 Å². The molecule has 2 nitrogen and oxygen atoms in total. The van der Waals surface area contributed by atoms with Crippen molar-refractivity contribution in [3.63, 3.8) is 0 Å². The SMILES string of the molecule is OCCOc1ccc(I)c(Br)c1. The van der Waals surface area contributed by atoms with Gasteiger partial charge in [-0.1, -0.05) is 0 Å². The van der Waals surface area contributed by atoms with E-state index >= 15 is 0 Å². The zero-order valence-electron chi connectivity index (χ0n) is 6.26. The summed E-state index contributed by atoms with van der Waals surface area (Å²) in [5, 5.41) is 8.51. The molecule has 4 heteroatoms. The van der Waals surface area contributed by atoms with Gasteiger partial charge >= 0.3 is 0 Å². The molecule has 0 bridgehead atoms. The molecule has 0 aliphatic rings. The molecule has 0 aliphatic heterocycles. The van der Waals surface area contributed by atoms with E-state index in [9.17, 15) is 0 Å². The summed E-state index contributed by atoms with van der Waals surface area (Å²) in [6, 6.07) is 5.72. The van der Waals surface area contributed by atoms with E-state index in [1.165, 1.54) is 0 Å². The molecule has 0 unspecified atom stereocenters. The highest BCUT2D eigenvalue weighted by Crippen LogP contribution is 2.23. The Labute approximate surface area is 93.2 Å². The van der Waals surface area contributed by atoms with Crippen molar-refractivity contribution < 1.29 is 9.84 Å². The molecule has 0 fully saturated rings. The first-order chi connectivity index (χ1) is 5.74. The molecule has 0 radical (unpaired) electrons. The van der Waals surface area contributed by atoms with Crippen molar-refractivity contribution in [2.45, 2.75) is 0 Å². The number of rotatable bonds is 3. The third-order valence-corrected chi connectivity index (χ3v) is 3.59. The lowest BCUT2D eigenvalue weighted by Crippen LogP contribution is -2.01. The molecule has 0 saturated carbocycles. The lowest BCUT2D eigenvalue weighted by Gasteiger charge is -2.04. The Hall–Kier alpha value is 0.190. The Morgan fingerprint density at radius 2 is 2.25 bits per heavy atom. The Bertz CT molecular complexity index is 265. The summed E-state index contributed by atoms with van der Waals surface area (Å²) >= 11 is 5.61. The maximum atomic E-state index is 8.51. The summed E-state index contributed by atoms with van der Waals surface area (Å²) in [6.45, 7) is 0.386. The van der Waals surface area contributed by atoms with Crippen LogP contribution in [0.3, 0.4) is 0 Å². The van der Waals surface area contributed by atoms with E-state index in [0.29, 0.717) is 6.61 Å². The van der Waals surface area contributed by atoms with Gasteiger partial charge in [0, 0.05) is 8.04 Å². The highest BCUT2D eigenvalue weighted by atomic mass is 127. The Balaban J connectivity index is 2.69. The van der Waals surface area contributed by atoms with Crippen molar-refractivity contribution in [1.82, 2.24) is 0 Å². The summed E-state index contributed by atoms with van der Waals surface area (Å²) in [4.78, 5) is 0. The van der Waals surface area contributed by atoms with Gasteiger partial charge in [0.1, 0.15) is 12.4 Å². The molecular formula is C8H8BrIO2. The molecule has 1 rings (SSSR count). The number of hydrogen-bond acceptors (Lipinski definition) is 2. The van der Waals surface area contributed by atoms with E-state index in [0.717, 1.165) is 13.8 Å². The van der Waals surface area contributed by atoms with Crippen LogP contribution in [0.2, 0.25) is 0 Å². The van der Waals surface area contributed by atoms with Crippen molar-refractivity contribution >= 4 is 38.5 Å². The third kappa shape index (κ3) is 2.91. The number of aliphatic hydroxyl groups excluding tert-OH is 1. The quantitative estimate of drug-likeness (QED) is 0.855. The fourth-order valence-corrected chi connectivity index (χ4v) is 1.42. The van der Waals surface area contributed by atoms with Crippen LogP contribution in [0.1, 0.15) is 0 Å². The number of benzene rings is 1. The van der Waals surface area contributed by atoms with Gasteiger partial charge in [0.25, 0.3) is 0 Å². The van der Waals surface area contributed by atoms with E-state index in [2.05, 4.69) is 38.5 Å². The minimum absolute atomic E-state index is 0.0452. The summed E-state index contributed by atoms with van der Waals surface area (Å²) in [7, 11) is 0. The van der Waals surface area contributed by atoms with Crippen LogP contribution in [-0.2, 0) is 0 Å². The monoisotopic (exact) mass is 342 g/mol. The number of halogens is 2.